The van der Waals surface area contributed by atoms with Crippen LogP contribution in [0.25, 0.3) is 27.8 Å². The van der Waals surface area contributed by atoms with E-state index < -0.39 is 11.6 Å². The van der Waals surface area contributed by atoms with Crippen LogP contribution in [0.1, 0.15) is 88.8 Å². The van der Waals surface area contributed by atoms with Gasteiger partial charge in [0.05, 0.1) is 0 Å². The third kappa shape index (κ3) is 6.70. The number of unbranched alkanes of at least 4 members (excludes halogenated alkanes) is 2. The second-order valence-corrected chi connectivity index (χ2v) is 10.7. The molecule has 1 aliphatic rings. The van der Waals surface area contributed by atoms with Gasteiger partial charge in [0.2, 0.25) is 0 Å². The largest absolute Gasteiger partial charge is 0.203 e. The monoisotopic (exact) mass is 512 g/mol. The van der Waals surface area contributed by atoms with Gasteiger partial charge in [0.15, 0.2) is 11.6 Å². The SMILES string of the molecule is CC/C=C\Cc1ccc(-c2ccc(-c3ccc(C4=CCC(CCCCC)CC4)cc3CC)cc2)c(F)c1F. The van der Waals surface area contributed by atoms with E-state index in [4.69, 9.17) is 0 Å². The fourth-order valence-corrected chi connectivity index (χ4v) is 5.64. The van der Waals surface area contributed by atoms with E-state index in [1.165, 1.54) is 67.2 Å². The van der Waals surface area contributed by atoms with Crippen molar-refractivity contribution in [3.63, 3.8) is 0 Å². The third-order valence-electron chi connectivity index (χ3n) is 8.00. The van der Waals surface area contributed by atoms with E-state index in [0.29, 0.717) is 23.1 Å². The Morgan fingerprint density at radius 3 is 2.13 bits per heavy atom. The average Bonchev–Trinajstić information content (AvgIpc) is 2.96. The number of allylic oxidation sites excluding steroid dienone is 4. The molecule has 3 aromatic carbocycles. The van der Waals surface area contributed by atoms with Gasteiger partial charge in [0, 0.05) is 5.56 Å². The van der Waals surface area contributed by atoms with Gasteiger partial charge in [-0.05, 0) is 83.4 Å². The lowest BCUT2D eigenvalue weighted by molar-refractivity contribution is 0.428. The molecule has 0 nitrogen and oxygen atoms in total. The second kappa shape index (κ2) is 13.7. The molecule has 3 aromatic rings. The summed E-state index contributed by atoms with van der Waals surface area (Å²) >= 11 is 0. The maximum atomic E-state index is 14.9. The molecule has 0 radical (unpaired) electrons. The van der Waals surface area contributed by atoms with Crippen molar-refractivity contribution in [2.45, 2.75) is 85.0 Å². The van der Waals surface area contributed by atoms with Crippen LogP contribution >= 0.6 is 0 Å². The number of aryl methyl sites for hydroxylation is 1. The van der Waals surface area contributed by atoms with E-state index in [-0.39, 0.29) is 0 Å². The fraction of sp³-hybridized carbons (Fsp3) is 0.389. The lowest BCUT2D eigenvalue weighted by atomic mass is 9.83. The van der Waals surface area contributed by atoms with E-state index in [1.54, 1.807) is 12.1 Å². The topological polar surface area (TPSA) is 0 Å². The highest BCUT2D eigenvalue weighted by molar-refractivity contribution is 5.76. The highest BCUT2D eigenvalue weighted by Gasteiger charge is 2.17. The van der Waals surface area contributed by atoms with Crippen LogP contribution in [0.15, 0.2) is 72.8 Å². The zero-order valence-electron chi connectivity index (χ0n) is 23.3. The Kier molecular flexibility index (Phi) is 10.1. The summed E-state index contributed by atoms with van der Waals surface area (Å²) in [5.74, 6) is -0.672. The molecule has 0 N–H and O–H groups in total. The maximum Gasteiger partial charge on any atom is 0.166 e. The van der Waals surface area contributed by atoms with Crippen LogP contribution < -0.4 is 0 Å². The molecule has 4 rings (SSSR count). The summed E-state index contributed by atoms with van der Waals surface area (Å²) in [4.78, 5) is 0. The van der Waals surface area contributed by atoms with Crippen molar-refractivity contribution >= 4 is 5.57 Å². The third-order valence-corrected chi connectivity index (χ3v) is 8.00. The van der Waals surface area contributed by atoms with Gasteiger partial charge >= 0.3 is 0 Å². The molecule has 200 valence electrons. The molecule has 38 heavy (non-hydrogen) atoms. The summed E-state index contributed by atoms with van der Waals surface area (Å²) in [7, 11) is 0. The number of rotatable bonds is 11. The average molecular weight is 513 g/mol. The first kappa shape index (κ1) is 28.0. The summed E-state index contributed by atoms with van der Waals surface area (Å²) < 4.78 is 29.6. The van der Waals surface area contributed by atoms with Crippen LogP contribution in [0.4, 0.5) is 8.78 Å². The summed E-state index contributed by atoms with van der Waals surface area (Å²) in [5, 5.41) is 0. The van der Waals surface area contributed by atoms with E-state index in [9.17, 15) is 8.78 Å². The second-order valence-electron chi connectivity index (χ2n) is 10.7. The first-order valence-corrected chi connectivity index (χ1v) is 14.6. The Hall–Kier alpha value is -3.00. The van der Waals surface area contributed by atoms with Crippen LogP contribution in [0.2, 0.25) is 0 Å². The van der Waals surface area contributed by atoms with Crippen LogP contribution in [-0.2, 0) is 12.8 Å². The smallest absolute Gasteiger partial charge is 0.166 e. The molecule has 0 fully saturated rings. The molecular formula is C36H42F2. The van der Waals surface area contributed by atoms with Gasteiger partial charge in [0.25, 0.3) is 0 Å². The van der Waals surface area contributed by atoms with Crippen molar-refractivity contribution < 1.29 is 8.78 Å². The zero-order valence-corrected chi connectivity index (χ0v) is 23.3. The van der Waals surface area contributed by atoms with Crippen molar-refractivity contribution in [2.24, 2.45) is 5.92 Å². The van der Waals surface area contributed by atoms with Gasteiger partial charge in [-0.1, -0.05) is 119 Å². The van der Waals surface area contributed by atoms with Crippen molar-refractivity contribution in [1.82, 2.24) is 0 Å². The normalized spacial score (nSPS) is 15.7. The van der Waals surface area contributed by atoms with Crippen molar-refractivity contribution in [1.29, 1.82) is 0 Å². The van der Waals surface area contributed by atoms with Crippen LogP contribution in [-0.4, -0.2) is 0 Å². The molecule has 0 saturated heterocycles. The van der Waals surface area contributed by atoms with Crippen LogP contribution in [0.5, 0.6) is 0 Å². The summed E-state index contributed by atoms with van der Waals surface area (Å²) in [6, 6.07) is 18.1. The Morgan fingerprint density at radius 1 is 0.763 bits per heavy atom. The molecule has 0 bridgehead atoms. The minimum Gasteiger partial charge on any atom is -0.203 e. The number of hydrogen-bond acceptors (Lipinski definition) is 0. The molecule has 1 atom stereocenters. The maximum absolute atomic E-state index is 14.9. The highest BCUT2D eigenvalue weighted by atomic mass is 19.2. The molecule has 0 aromatic heterocycles. The first-order chi connectivity index (χ1) is 18.5. The van der Waals surface area contributed by atoms with Crippen molar-refractivity contribution in [3.05, 3.63) is 101 Å². The predicted molar refractivity (Wildman–Crippen MR) is 159 cm³/mol. The molecule has 0 aliphatic heterocycles. The van der Waals surface area contributed by atoms with Crippen molar-refractivity contribution in [2.75, 3.05) is 0 Å². The molecule has 0 saturated carbocycles. The summed E-state index contributed by atoms with van der Waals surface area (Å²) in [6.45, 7) is 6.50. The predicted octanol–water partition coefficient (Wildman–Crippen LogP) is 11.1. The molecule has 0 amide bonds. The number of halogens is 2. The van der Waals surface area contributed by atoms with Crippen molar-refractivity contribution in [3.8, 4) is 22.3 Å². The van der Waals surface area contributed by atoms with E-state index in [2.05, 4.69) is 38.1 Å². The lowest BCUT2D eigenvalue weighted by Crippen LogP contribution is -2.06. The van der Waals surface area contributed by atoms with Gasteiger partial charge in [-0.2, -0.15) is 0 Å². The molecule has 2 heteroatoms. The van der Waals surface area contributed by atoms with Crippen LogP contribution in [0, 0.1) is 17.6 Å². The summed E-state index contributed by atoms with van der Waals surface area (Å²) in [6.07, 6.45) is 17.6. The number of hydrogen-bond donors (Lipinski definition) is 0. The Labute approximate surface area is 228 Å². The molecule has 0 spiro atoms. The molecular weight excluding hydrogens is 470 g/mol. The molecule has 1 aliphatic carbocycles. The minimum atomic E-state index is -0.771. The van der Waals surface area contributed by atoms with E-state index in [0.717, 1.165) is 24.3 Å². The minimum absolute atomic E-state index is 0.306. The Balaban J connectivity index is 1.50. The van der Waals surface area contributed by atoms with Crippen LogP contribution in [0.3, 0.4) is 0 Å². The van der Waals surface area contributed by atoms with Gasteiger partial charge in [-0.3, -0.25) is 0 Å². The lowest BCUT2D eigenvalue weighted by Gasteiger charge is -2.23. The zero-order chi connectivity index (χ0) is 26.9. The van der Waals surface area contributed by atoms with E-state index in [1.807, 2.05) is 43.3 Å². The standard InChI is InChI=1S/C36H42F2/c1-4-7-9-11-26-13-15-28(16-14-26)32-22-23-33(27(6-3)25-32)29-17-19-30(20-18-29)34-24-21-31(12-10-8-5-2)35(37)36(34)38/h8,10,15,17-26H,4-7,9,11-14,16H2,1-3H3/b10-8-. The summed E-state index contributed by atoms with van der Waals surface area (Å²) in [5.41, 5.74) is 7.86. The van der Waals surface area contributed by atoms with E-state index >= 15 is 0 Å². The number of benzene rings is 3. The van der Waals surface area contributed by atoms with Gasteiger partial charge in [0.1, 0.15) is 0 Å². The highest BCUT2D eigenvalue weighted by Crippen LogP contribution is 2.36. The first-order valence-electron chi connectivity index (χ1n) is 14.6. The molecule has 1 unspecified atom stereocenters. The van der Waals surface area contributed by atoms with Gasteiger partial charge in [-0.15, -0.1) is 0 Å². The fourth-order valence-electron chi connectivity index (χ4n) is 5.64. The quantitative estimate of drug-likeness (QED) is 0.177. The van der Waals surface area contributed by atoms with Gasteiger partial charge in [-0.25, -0.2) is 8.78 Å². The van der Waals surface area contributed by atoms with Gasteiger partial charge < -0.3 is 0 Å². The Morgan fingerprint density at radius 2 is 1.47 bits per heavy atom. The molecule has 0 heterocycles. The Bertz CT molecular complexity index is 1260.